The van der Waals surface area contributed by atoms with Crippen molar-refractivity contribution in [3.05, 3.63) is 64.7 Å². The summed E-state index contributed by atoms with van der Waals surface area (Å²) in [7, 11) is -3.28. The van der Waals surface area contributed by atoms with Gasteiger partial charge < -0.3 is 5.32 Å². The zero-order chi connectivity index (χ0) is 18.9. The molecule has 2 aromatic carbocycles. The van der Waals surface area contributed by atoms with Crippen LogP contribution in [0.4, 0.5) is 5.69 Å². The number of anilines is 1. The molecule has 0 aromatic heterocycles. The van der Waals surface area contributed by atoms with Gasteiger partial charge in [0, 0.05) is 12.1 Å². The lowest BCUT2D eigenvalue weighted by Crippen LogP contribution is -2.28. The van der Waals surface area contributed by atoms with Gasteiger partial charge in [0.1, 0.15) is 0 Å². The van der Waals surface area contributed by atoms with Crippen molar-refractivity contribution in [3.63, 3.8) is 0 Å². The number of benzene rings is 2. The lowest BCUT2D eigenvalue weighted by Gasteiger charge is -2.19. The van der Waals surface area contributed by atoms with Crippen molar-refractivity contribution in [2.45, 2.75) is 32.7 Å². The summed E-state index contributed by atoms with van der Waals surface area (Å²) in [6.07, 6.45) is 2.62. The van der Waals surface area contributed by atoms with Gasteiger partial charge in [-0.15, -0.1) is 0 Å². The van der Waals surface area contributed by atoms with E-state index in [1.165, 1.54) is 16.1 Å². The standard InChI is InChI=1S/C20H24N2O3S/c1-4-18(15-7-5-14(2)6-8-15)21-20(23)17-9-10-19-16(13-17)11-12-22(19)26(3,24)25/h5-10,13,18H,4,11-12H2,1-3H3,(H,21,23)/t18-/m1/s1. The minimum absolute atomic E-state index is 0.0520. The fraction of sp³-hybridized carbons (Fsp3) is 0.350. The highest BCUT2D eigenvalue weighted by atomic mass is 32.2. The van der Waals surface area contributed by atoms with Crippen LogP contribution < -0.4 is 9.62 Å². The van der Waals surface area contributed by atoms with Crippen LogP contribution >= 0.6 is 0 Å². The minimum Gasteiger partial charge on any atom is -0.345 e. The number of sulfonamides is 1. The molecule has 0 bridgehead atoms. The highest BCUT2D eigenvalue weighted by Gasteiger charge is 2.27. The average molecular weight is 372 g/mol. The molecule has 2 aromatic rings. The van der Waals surface area contributed by atoms with Gasteiger partial charge in [0.05, 0.1) is 18.0 Å². The molecular weight excluding hydrogens is 348 g/mol. The summed E-state index contributed by atoms with van der Waals surface area (Å²) >= 11 is 0. The summed E-state index contributed by atoms with van der Waals surface area (Å²) in [4.78, 5) is 12.7. The molecule has 1 heterocycles. The Kier molecular flexibility index (Phi) is 5.05. The van der Waals surface area contributed by atoms with E-state index in [2.05, 4.69) is 5.32 Å². The molecule has 26 heavy (non-hydrogen) atoms. The number of nitrogens with one attached hydrogen (secondary N) is 1. The number of rotatable bonds is 5. The molecule has 0 aliphatic carbocycles. The number of fused-ring (bicyclic) bond motifs is 1. The lowest BCUT2D eigenvalue weighted by molar-refractivity contribution is 0.0935. The highest BCUT2D eigenvalue weighted by Crippen LogP contribution is 2.31. The highest BCUT2D eigenvalue weighted by molar-refractivity contribution is 7.92. The third-order valence-corrected chi connectivity index (χ3v) is 5.97. The van der Waals surface area contributed by atoms with Crippen LogP contribution in [-0.4, -0.2) is 27.1 Å². The SMILES string of the molecule is CC[C@@H](NC(=O)c1ccc2c(c1)CCN2S(C)(=O)=O)c1ccc(C)cc1. The van der Waals surface area contributed by atoms with E-state index >= 15 is 0 Å². The quantitative estimate of drug-likeness (QED) is 0.876. The molecule has 1 aliphatic rings. The molecule has 0 saturated heterocycles. The molecule has 5 nitrogen and oxygen atoms in total. The molecule has 1 aliphatic heterocycles. The maximum absolute atomic E-state index is 12.7. The second-order valence-corrected chi connectivity index (χ2v) is 8.68. The predicted molar refractivity (Wildman–Crippen MR) is 104 cm³/mol. The van der Waals surface area contributed by atoms with Crippen molar-refractivity contribution in [2.75, 3.05) is 17.1 Å². The fourth-order valence-electron chi connectivity index (χ4n) is 3.32. The molecule has 1 N–H and O–H groups in total. The predicted octanol–water partition coefficient (Wildman–Crippen LogP) is 3.20. The summed E-state index contributed by atoms with van der Waals surface area (Å²) in [6, 6.07) is 13.3. The largest absolute Gasteiger partial charge is 0.345 e. The molecule has 0 fully saturated rings. The Morgan fingerprint density at radius 2 is 1.88 bits per heavy atom. The average Bonchev–Trinajstić information content (AvgIpc) is 3.03. The van der Waals surface area contributed by atoms with E-state index in [-0.39, 0.29) is 11.9 Å². The Morgan fingerprint density at radius 1 is 1.19 bits per heavy atom. The van der Waals surface area contributed by atoms with E-state index in [0.29, 0.717) is 24.2 Å². The summed E-state index contributed by atoms with van der Waals surface area (Å²) in [5, 5.41) is 3.08. The second kappa shape index (κ2) is 7.11. The molecule has 0 saturated carbocycles. The van der Waals surface area contributed by atoms with Crippen molar-refractivity contribution in [1.29, 1.82) is 0 Å². The van der Waals surface area contributed by atoms with Crippen molar-refractivity contribution in [2.24, 2.45) is 0 Å². The van der Waals surface area contributed by atoms with Crippen LogP contribution in [0.1, 0.15) is 46.4 Å². The molecule has 1 atom stereocenters. The van der Waals surface area contributed by atoms with Gasteiger partial charge in [0.15, 0.2) is 0 Å². The first-order chi connectivity index (χ1) is 12.3. The maximum Gasteiger partial charge on any atom is 0.251 e. The first kappa shape index (κ1) is 18.5. The van der Waals surface area contributed by atoms with Gasteiger partial charge in [0.2, 0.25) is 10.0 Å². The first-order valence-electron chi connectivity index (χ1n) is 8.77. The number of hydrogen-bond donors (Lipinski definition) is 1. The van der Waals surface area contributed by atoms with E-state index < -0.39 is 10.0 Å². The molecule has 0 unspecified atom stereocenters. The fourth-order valence-corrected chi connectivity index (χ4v) is 4.28. The van der Waals surface area contributed by atoms with Crippen molar-refractivity contribution in [3.8, 4) is 0 Å². The number of hydrogen-bond acceptors (Lipinski definition) is 3. The van der Waals surface area contributed by atoms with Gasteiger partial charge in [-0.25, -0.2) is 8.42 Å². The van der Waals surface area contributed by atoms with Gasteiger partial charge in [0.25, 0.3) is 5.91 Å². The van der Waals surface area contributed by atoms with Crippen LogP contribution in [0.2, 0.25) is 0 Å². The number of amides is 1. The van der Waals surface area contributed by atoms with E-state index in [0.717, 1.165) is 17.5 Å². The van der Waals surface area contributed by atoms with Crippen molar-refractivity contribution < 1.29 is 13.2 Å². The van der Waals surface area contributed by atoms with Gasteiger partial charge in [-0.2, -0.15) is 0 Å². The number of carbonyl (C=O) groups excluding carboxylic acids is 1. The van der Waals surface area contributed by atoms with Crippen LogP contribution in [0, 0.1) is 6.92 Å². The van der Waals surface area contributed by atoms with Crippen LogP contribution in [0.25, 0.3) is 0 Å². The van der Waals surface area contributed by atoms with Gasteiger partial charge in [-0.3, -0.25) is 9.10 Å². The van der Waals surface area contributed by atoms with E-state index in [1.807, 2.05) is 38.1 Å². The second-order valence-electron chi connectivity index (χ2n) is 6.77. The molecule has 138 valence electrons. The third kappa shape index (κ3) is 3.75. The molecule has 6 heteroatoms. The summed E-state index contributed by atoms with van der Waals surface area (Å²) in [6.45, 7) is 4.51. The lowest BCUT2D eigenvalue weighted by atomic mass is 10.0. The molecule has 1 amide bonds. The van der Waals surface area contributed by atoms with E-state index in [1.54, 1.807) is 18.2 Å². The Balaban J connectivity index is 1.79. The number of aryl methyl sites for hydroxylation is 1. The minimum atomic E-state index is -3.28. The summed E-state index contributed by atoms with van der Waals surface area (Å²) < 4.78 is 25.0. The van der Waals surface area contributed by atoms with E-state index in [4.69, 9.17) is 0 Å². The van der Waals surface area contributed by atoms with Gasteiger partial charge in [-0.1, -0.05) is 36.8 Å². The normalized spacial score (nSPS) is 14.8. The maximum atomic E-state index is 12.7. The van der Waals surface area contributed by atoms with Crippen LogP contribution in [0.3, 0.4) is 0 Å². The van der Waals surface area contributed by atoms with Crippen LogP contribution in [0.15, 0.2) is 42.5 Å². The molecule has 0 spiro atoms. The smallest absolute Gasteiger partial charge is 0.251 e. The van der Waals surface area contributed by atoms with Gasteiger partial charge >= 0.3 is 0 Å². The number of nitrogens with zero attached hydrogens (tertiary/aromatic N) is 1. The van der Waals surface area contributed by atoms with Crippen LogP contribution in [0.5, 0.6) is 0 Å². The topological polar surface area (TPSA) is 66.5 Å². The summed E-state index contributed by atoms with van der Waals surface area (Å²) in [5.74, 6) is -0.141. The molecule has 0 radical (unpaired) electrons. The Morgan fingerprint density at radius 3 is 2.50 bits per heavy atom. The van der Waals surface area contributed by atoms with Gasteiger partial charge in [-0.05, 0) is 49.1 Å². The third-order valence-electron chi connectivity index (χ3n) is 4.79. The Hall–Kier alpha value is -2.34. The van der Waals surface area contributed by atoms with Crippen LogP contribution in [-0.2, 0) is 16.4 Å². The zero-order valence-corrected chi connectivity index (χ0v) is 16.1. The summed E-state index contributed by atoms with van der Waals surface area (Å²) in [5.41, 5.74) is 4.39. The van der Waals surface area contributed by atoms with Crippen molar-refractivity contribution in [1.82, 2.24) is 5.32 Å². The molecule has 3 rings (SSSR count). The molecular formula is C20H24N2O3S. The van der Waals surface area contributed by atoms with Crippen molar-refractivity contribution >= 4 is 21.6 Å². The first-order valence-corrected chi connectivity index (χ1v) is 10.6. The monoisotopic (exact) mass is 372 g/mol. The van der Waals surface area contributed by atoms with E-state index in [9.17, 15) is 13.2 Å². The number of carbonyl (C=O) groups is 1. The Labute approximate surface area is 155 Å². The zero-order valence-electron chi connectivity index (χ0n) is 15.3. The Bertz CT molecular complexity index is 921.